The van der Waals surface area contributed by atoms with Crippen LogP contribution in [-0.4, -0.2) is 81.8 Å². The molecule has 4 aromatic heterocycles. The number of anilines is 2. The number of aromatic nitrogens is 6. The van der Waals surface area contributed by atoms with Crippen molar-refractivity contribution in [2.24, 2.45) is 5.92 Å². The van der Waals surface area contributed by atoms with E-state index < -0.39 is 90.7 Å². The Hall–Kier alpha value is -6.52. The highest BCUT2D eigenvalue weighted by atomic mass is 32.1. The summed E-state index contributed by atoms with van der Waals surface area (Å²) in [6.07, 6.45) is -1.93. The van der Waals surface area contributed by atoms with Crippen LogP contribution in [0.5, 0.6) is 0 Å². The third kappa shape index (κ3) is 10.2. The fourth-order valence-corrected chi connectivity index (χ4v) is 11.6. The van der Waals surface area contributed by atoms with Gasteiger partial charge in [0.25, 0.3) is 5.92 Å². The zero-order chi connectivity index (χ0) is 51.7. The monoisotopic (exact) mass is 1050 g/mol. The molecule has 2 fully saturated rings. The summed E-state index contributed by atoms with van der Waals surface area (Å²) < 4.78 is 127. The van der Waals surface area contributed by atoms with Gasteiger partial charge in [0.15, 0.2) is 22.3 Å². The lowest BCUT2D eigenvalue weighted by molar-refractivity contribution is -0.142. The van der Waals surface area contributed by atoms with Gasteiger partial charge in [0.1, 0.15) is 42.2 Å². The molecule has 7 aromatic rings. The number of piperazine rings is 1. The van der Waals surface area contributed by atoms with Crippen molar-refractivity contribution in [1.82, 2.24) is 34.6 Å². The van der Waals surface area contributed by atoms with E-state index in [1.807, 2.05) is 22.9 Å². The molecule has 1 saturated heterocycles. The molecule has 3 atom stereocenters. The molecule has 1 saturated carbocycles. The predicted molar refractivity (Wildman–Crippen MR) is 262 cm³/mol. The van der Waals surface area contributed by atoms with Crippen molar-refractivity contribution in [3.05, 3.63) is 130 Å². The van der Waals surface area contributed by atoms with E-state index in [1.54, 1.807) is 12.3 Å². The van der Waals surface area contributed by atoms with Crippen LogP contribution in [-0.2, 0) is 41.3 Å². The van der Waals surface area contributed by atoms with Crippen LogP contribution in [0, 0.1) is 23.4 Å². The van der Waals surface area contributed by atoms with Gasteiger partial charge >= 0.3 is 6.18 Å². The first-order valence-electron chi connectivity index (χ1n) is 23.7. The van der Waals surface area contributed by atoms with Crippen molar-refractivity contribution < 1.29 is 49.4 Å². The number of halogens is 8. The first-order chi connectivity index (χ1) is 34.6. The average molecular weight is 1050 g/mol. The van der Waals surface area contributed by atoms with Crippen molar-refractivity contribution in [1.29, 1.82) is 0 Å². The van der Waals surface area contributed by atoms with Crippen LogP contribution < -0.4 is 15.1 Å². The molecule has 22 heteroatoms. The Kier molecular flexibility index (Phi) is 13.1. The number of Topliss-reactive ketones (excluding diaryl/α,β-unsaturated/α-hetero) is 1. The topological polar surface area (TPSA) is 123 Å². The van der Waals surface area contributed by atoms with E-state index in [-0.39, 0.29) is 46.4 Å². The summed E-state index contributed by atoms with van der Waals surface area (Å²) in [6.45, 7) is 10.6. The molecule has 0 radical (unpaired) electrons. The van der Waals surface area contributed by atoms with E-state index in [2.05, 4.69) is 57.0 Å². The van der Waals surface area contributed by atoms with Crippen LogP contribution in [0.3, 0.4) is 0 Å². The van der Waals surface area contributed by atoms with Crippen LogP contribution >= 0.6 is 11.3 Å². The summed E-state index contributed by atoms with van der Waals surface area (Å²) >= 11 is 1.31. The standard InChI is InChI=1S/C51H49F8N9O3SSi/c1-28(69)35-22-31(7-10-39(35)54)36-25-41-47(63-49(72-41)66-15-13-65(14-16-66)34-8-5-30(6-9-34)48-60-11-12-67(48)27-71-17-18-73(2,3)4)62-44(36)40(21-29-19-32(52)23-33(53)20-29)61-42(70)26-68-46-43(45(64-68)51(57,58)59)37-24-38(37)50(46,55)56/h5-12,19-20,22-23,25,37-38,40H,13-18,21,24,26-27H2,1-4H3,(H,61,70)/t37-,38+,40-/m0/s1. The molecule has 0 unspecified atom stereocenters. The zero-order valence-corrected chi connectivity index (χ0v) is 41.9. The number of nitrogens with zero attached hydrogens (tertiary/aromatic N) is 8. The average Bonchev–Trinajstić information content (AvgIpc) is 3.55. The van der Waals surface area contributed by atoms with Crippen molar-refractivity contribution in [2.75, 3.05) is 42.6 Å². The molecular formula is C51H49F8N9O3SSi. The number of nitrogens with one attached hydrogen (secondary N) is 1. The van der Waals surface area contributed by atoms with E-state index in [0.29, 0.717) is 60.1 Å². The fourth-order valence-electron chi connectivity index (χ4n) is 9.80. The number of ether oxygens (including phenoxy) is 1. The van der Waals surface area contributed by atoms with Gasteiger partial charge in [-0.05, 0) is 97.5 Å². The molecule has 5 heterocycles. The highest BCUT2D eigenvalue weighted by molar-refractivity contribution is 7.22. The first kappa shape index (κ1) is 50.0. The Morgan fingerprint density at radius 1 is 0.918 bits per heavy atom. The van der Waals surface area contributed by atoms with E-state index in [0.717, 1.165) is 41.3 Å². The number of alkyl halides is 5. The molecule has 73 heavy (non-hydrogen) atoms. The normalized spacial score (nSPS) is 17.8. The summed E-state index contributed by atoms with van der Waals surface area (Å²) in [6, 6.07) is 16.0. The number of amides is 1. The van der Waals surface area contributed by atoms with Gasteiger partial charge in [-0.2, -0.15) is 32.0 Å². The fraction of sp³-hybridized carbons (Fsp3) is 0.373. The summed E-state index contributed by atoms with van der Waals surface area (Å²) in [7, 11) is -1.22. The number of imidazole rings is 1. The van der Waals surface area contributed by atoms with Crippen LogP contribution in [0.15, 0.2) is 79.1 Å². The van der Waals surface area contributed by atoms with E-state index in [4.69, 9.17) is 14.7 Å². The molecule has 2 aliphatic carbocycles. The molecule has 382 valence electrons. The highest BCUT2D eigenvalue weighted by Crippen LogP contribution is 2.68. The minimum absolute atomic E-state index is 0.0284. The van der Waals surface area contributed by atoms with Crippen molar-refractivity contribution >= 4 is 52.3 Å². The third-order valence-electron chi connectivity index (χ3n) is 13.6. The second-order valence-electron chi connectivity index (χ2n) is 20.0. The van der Waals surface area contributed by atoms with Crippen molar-refractivity contribution in [3.63, 3.8) is 0 Å². The van der Waals surface area contributed by atoms with E-state index in [1.165, 1.54) is 30.4 Å². The molecule has 3 aromatic carbocycles. The van der Waals surface area contributed by atoms with Crippen LogP contribution in [0.1, 0.15) is 63.9 Å². The molecule has 1 aliphatic heterocycles. The minimum atomic E-state index is -5.08. The third-order valence-corrected chi connectivity index (χ3v) is 16.3. The van der Waals surface area contributed by atoms with Gasteiger partial charge in [-0.25, -0.2) is 23.1 Å². The molecule has 0 spiro atoms. The van der Waals surface area contributed by atoms with Gasteiger partial charge in [-0.15, -0.1) is 0 Å². The number of carbonyl (C=O) groups excluding carboxylic acids is 2. The number of ketones is 1. The number of fused-ring (bicyclic) bond motifs is 4. The highest BCUT2D eigenvalue weighted by Gasteiger charge is 2.68. The molecule has 1 N–H and O–H groups in total. The zero-order valence-electron chi connectivity index (χ0n) is 40.0. The second-order valence-corrected chi connectivity index (χ2v) is 26.7. The van der Waals surface area contributed by atoms with Crippen molar-refractivity contribution in [3.8, 4) is 22.5 Å². The smallest absolute Gasteiger partial charge is 0.368 e. The molecule has 3 aliphatic rings. The molecule has 10 rings (SSSR count). The lowest BCUT2D eigenvalue weighted by Crippen LogP contribution is -2.46. The van der Waals surface area contributed by atoms with Crippen LogP contribution in [0.2, 0.25) is 25.7 Å². The van der Waals surface area contributed by atoms with Crippen LogP contribution in [0.25, 0.3) is 32.9 Å². The number of carbonyl (C=O) groups is 2. The summed E-state index contributed by atoms with van der Waals surface area (Å²) in [5, 5.41) is 6.77. The number of rotatable bonds is 16. The lowest BCUT2D eigenvalue weighted by atomic mass is 9.94. The first-order valence-corrected chi connectivity index (χ1v) is 28.3. The van der Waals surface area contributed by atoms with E-state index >= 15 is 13.2 Å². The number of pyridine rings is 1. The van der Waals surface area contributed by atoms with Gasteiger partial charge in [0.2, 0.25) is 5.91 Å². The number of hydrogen-bond acceptors (Lipinski definition) is 10. The van der Waals surface area contributed by atoms with E-state index in [9.17, 15) is 31.5 Å². The summed E-state index contributed by atoms with van der Waals surface area (Å²) in [5.41, 5.74) is -0.599. The van der Waals surface area contributed by atoms with Gasteiger partial charge in [-0.3, -0.25) is 14.3 Å². The number of hydrogen-bond donors (Lipinski definition) is 1. The lowest BCUT2D eigenvalue weighted by Gasteiger charge is -2.36. The number of benzene rings is 3. The van der Waals surface area contributed by atoms with Gasteiger partial charge in [-0.1, -0.05) is 37.0 Å². The summed E-state index contributed by atoms with van der Waals surface area (Å²) in [4.78, 5) is 45.4. The Morgan fingerprint density at radius 2 is 1.62 bits per heavy atom. The maximum Gasteiger partial charge on any atom is 0.435 e. The van der Waals surface area contributed by atoms with Crippen molar-refractivity contribution in [2.45, 2.75) is 82.8 Å². The quantitative estimate of drug-likeness (QED) is 0.0436. The molecule has 12 nitrogen and oxygen atoms in total. The number of thiazole rings is 1. The SMILES string of the molecule is CC(=O)c1cc(-c2cc3sc(N4CCN(c5ccc(-c6nccn6COCC[Si](C)(C)C)cc5)CC4)nc3nc2[C@H](Cc2cc(F)cc(F)c2)NC(=O)Cn2nc(C(F)(F)F)c3c2C(F)(F)[C@@H]2C[C@H]32)ccc1F. The van der Waals surface area contributed by atoms with Crippen LogP contribution in [0.4, 0.5) is 45.9 Å². The molecule has 0 bridgehead atoms. The Labute approximate surface area is 419 Å². The second kappa shape index (κ2) is 19.1. The summed E-state index contributed by atoms with van der Waals surface area (Å²) in [5.74, 6) is -9.62. The maximum atomic E-state index is 15.5. The maximum absolute atomic E-state index is 15.5. The molecule has 1 amide bonds. The van der Waals surface area contributed by atoms with Gasteiger partial charge in [0.05, 0.1) is 22.0 Å². The Bertz CT molecular complexity index is 3230. The Morgan fingerprint density at radius 3 is 2.30 bits per heavy atom. The predicted octanol–water partition coefficient (Wildman–Crippen LogP) is 11.0. The van der Waals surface area contributed by atoms with Gasteiger partial charge in [0, 0.05) is 87.6 Å². The largest absolute Gasteiger partial charge is 0.435 e. The Balaban J connectivity index is 0.940. The molecular weight excluding hydrogens is 999 g/mol. The van der Waals surface area contributed by atoms with Gasteiger partial charge < -0.3 is 24.4 Å². The minimum Gasteiger partial charge on any atom is -0.368 e.